The average molecular weight is 732 g/mol. The SMILES string of the molecule is CCOC(=O)C1=C(C)N=c2s/c(=C\c3cc(I)cc(I)c3OC(C)C)c(=O)n2[C@H]1c1ccc(F)cc1. The standard InChI is InChI=1S/C26H23FI2N2O4S/c1-5-34-25(33)21-14(4)30-26-31(22(21)15-6-8-17(27)9-7-15)24(32)20(36-26)11-16-10-18(28)12-19(29)23(16)35-13(2)3/h6-13,22H,5H2,1-4H3/b20-11-/t22-/m0/s1. The van der Waals surface area contributed by atoms with Gasteiger partial charge in [-0.05, 0) is 109 Å². The van der Waals surface area contributed by atoms with Crippen LogP contribution in [0.15, 0.2) is 57.5 Å². The van der Waals surface area contributed by atoms with Crippen molar-refractivity contribution in [1.29, 1.82) is 0 Å². The van der Waals surface area contributed by atoms with Crippen molar-refractivity contribution in [2.75, 3.05) is 6.61 Å². The van der Waals surface area contributed by atoms with E-state index in [1.807, 2.05) is 26.0 Å². The summed E-state index contributed by atoms with van der Waals surface area (Å²) in [6.07, 6.45) is 1.76. The number of thiazole rings is 1. The van der Waals surface area contributed by atoms with Crippen LogP contribution in [0, 0.1) is 13.0 Å². The van der Waals surface area contributed by atoms with Crippen LogP contribution in [0.1, 0.15) is 44.9 Å². The number of halogens is 3. The monoisotopic (exact) mass is 732 g/mol. The van der Waals surface area contributed by atoms with Gasteiger partial charge < -0.3 is 9.47 Å². The van der Waals surface area contributed by atoms with Gasteiger partial charge in [0.15, 0.2) is 4.80 Å². The maximum Gasteiger partial charge on any atom is 0.338 e. The van der Waals surface area contributed by atoms with Crippen LogP contribution in [0.2, 0.25) is 0 Å². The molecule has 1 aliphatic rings. The highest BCUT2D eigenvalue weighted by molar-refractivity contribution is 14.1. The van der Waals surface area contributed by atoms with Gasteiger partial charge >= 0.3 is 5.97 Å². The van der Waals surface area contributed by atoms with E-state index in [-0.39, 0.29) is 23.8 Å². The Labute approximate surface area is 238 Å². The smallest absolute Gasteiger partial charge is 0.338 e. The molecular weight excluding hydrogens is 709 g/mol. The average Bonchev–Trinajstić information content (AvgIpc) is 3.10. The zero-order chi connectivity index (χ0) is 26.1. The molecule has 10 heteroatoms. The quantitative estimate of drug-likeness (QED) is 0.267. The van der Waals surface area contributed by atoms with E-state index in [9.17, 15) is 14.0 Å². The van der Waals surface area contributed by atoms with Crippen molar-refractivity contribution in [2.45, 2.75) is 39.8 Å². The zero-order valence-corrected chi connectivity index (χ0v) is 25.1. The number of allylic oxidation sites excluding steroid dienone is 1. The number of hydrogen-bond donors (Lipinski definition) is 0. The van der Waals surface area contributed by atoms with E-state index in [2.05, 4.69) is 50.2 Å². The summed E-state index contributed by atoms with van der Waals surface area (Å²) in [6, 6.07) is 8.97. The normalized spacial score (nSPS) is 15.7. The Balaban J connectivity index is 1.97. The van der Waals surface area contributed by atoms with Crippen molar-refractivity contribution < 1.29 is 18.7 Å². The van der Waals surface area contributed by atoms with Crippen LogP contribution in [-0.4, -0.2) is 23.2 Å². The highest BCUT2D eigenvalue weighted by Crippen LogP contribution is 2.32. The number of hydrogen-bond acceptors (Lipinski definition) is 6. The Kier molecular flexibility index (Phi) is 8.35. The second-order valence-corrected chi connectivity index (χ2v) is 11.7. The topological polar surface area (TPSA) is 69.9 Å². The summed E-state index contributed by atoms with van der Waals surface area (Å²) in [6.45, 7) is 7.52. The van der Waals surface area contributed by atoms with Crippen molar-refractivity contribution in [1.82, 2.24) is 4.57 Å². The van der Waals surface area contributed by atoms with E-state index in [4.69, 9.17) is 9.47 Å². The molecule has 1 aliphatic heterocycles. The van der Waals surface area contributed by atoms with Crippen LogP contribution < -0.4 is 19.6 Å². The minimum Gasteiger partial charge on any atom is -0.489 e. The maximum atomic E-state index is 13.8. The second-order valence-electron chi connectivity index (χ2n) is 8.33. The fraction of sp³-hybridized carbons (Fsp3) is 0.269. The summed E-state index contributed by atoms with van der Waals surface area (Å²) in [4.78, 5) is 31.8. The number of esters is 1. The predicted octanol–water partition coefficient (Wildman–Crippen LogP) is 4.93. The lowest BCUT2D eigenvalue weighted by atomic mass is 9.96. The van der Waals surface area contributed by atoms with Crippen LogP contribution in [0.3, 0.4) is 0 Å². The van der Waals surface area contributed by atoms with Gasteiger partial charge in [-0.3, -0.25) is 9.36 Å². The molecule has 4 rings (SSSR count). The molecule has 0 unspecified atom stereocenters. The number of ether oxygens (including phenoxy) is 2. The molecule has 3 aromatic rings. The summed E-state index contributed by atoms with van der Waals surface area (Å²) in [5, 5.41) is 0. The summed E-state index contributed by atoms with van der Waals surface area (Å²) >= 11 is 5.70. The summed E-state index contributed by atoms with van der Waals surface area (Å²) in [5.74, 6) is -0.256. The molecule has 0 saturated heterocycles. The van der Waals surface area contributed by atoms with Crippen LogP contribution in [0.4, 0.5) is 4.39 Å². The summed E-state index contributed by atoms with van der Waals surface area (Å²) < 4.78 is 29.0. The second kappa shape index (κ2) is 11.1. The van der Waals surface area contributed by atoms with Crippen molar-refractivity contribution in [3.05, 3.63) is 91.4 Å². The lowest BCUT2D eigenvalue weighted by Gasteiger charge is -2.24. The molecule has 0 amide bonds. The van der Waals surface area contributed by atoms with Crippen molar-refractivity contribution >= 4 is 68.6 Å². The molecule has 36 heavy (non-hydrogen) atoms. The number of rotatable bonds is 6. The van der Waals surface area contributed by atoms with Gasteiger partial charge in [-0.25, -0.2) is 14.2 Å². The lowest BCUT2D eigenvalue weighted by Crippen LogP contribution is -2.40. The van der Waals surface area contributed by atoms with Gasteiger partial charge in [0, 0.05) is 9.13 Å². The van der Waals surface area contributed by atoms with E-state index in [0.29, 0.717) is 26.3 Å². The van der Waals surface area contributed by atoms with E-state index in [0.717, 1.165) is 12.7 Å². The molecule has 6 nitrogen and oxygen atoms in total. The molecule has 2 heterocycles. The third-order valence-electron chi connectivity index (χ3n) is 5.38. The van der Waals surface area contributed by atoms with Crippen molar-refractivity contribution in [2.24, 2.45) is 4.99 Å². The fourth-order valence-electron chi connectivity index (χ4n) is 3.94. The molecule has 188 valence electrons. The van der Waals surface area contributed by atoms with Gasteiger partial charge in [0.05, 0.1) is 38.1 Å². The van der Waals surface area contributed by atoms with E-state index < -0.39 is 17.8 Å². The minimum atomic E-state index is -0.787. The van der Waals surface area contributed by atoms with E-state index in [1.165, 1.54) is 28.0 Å². The molecule has 2 aromatic carbocycles. The fourth-order valence-corrected chi connectivity index (χ4v) is 7.00. The number of benzene rings is 2. The van der Waals surface area contributed by atoms with Crippen molar-refractivity contribution in [3.63, 3.8) is 0 Å². The molecule has 1 aromatic heterocycles. The first-order valence-electron chi connectivity index (χ1n) is 11.2. The minimum absolute atomic E-state index is 0.0415. The molecule has 0 N–H and O–H groups in total. The Morgan fingerprint density at radius 2 is 1.94 bits per heavy atom. The van der Waals surface area contributed by atoms with Gasteiger partial charge in [0.2, 0.25) is 0 Å². The molecule has 0 saturated carbocycles. The number of carbonyl (C=O) groups is 1. The first-order valence-corrected chi connectivity index (χ1v) is 14.2. The Bertz CT molecular complexity index is 1540. The molecule has 0 radical (unpaired) electrons. The van der Waals surface area contributed by atoms with Gasteiger partial charge in [-0.2, -0.15) is 0 Å². The first-order chi connectivity index (χ1) is 17.1. The summed E-state index contributed by atoms with van der Waals surface area (Å²) in [5.41, 5.74) is 1.80. The van der Waals surface area contributed by atoms with Gasteiger partial charge in [0.1, 0.15) is 11.6 Å². The number of nitrogens with zero attached hydrogens (tertiary/aromatic N) is 2. The lowest BCUT2D eigenvalue weighted by molar-refractivity contribution is -0.139. The highest BCUT2D eigenvalue weighted by Gasteiger charge is 2.33. The molecule has 1 atom stereocenters. The number of carbonyl (C=O) groups excluding carboxylic acids is 1. The van der Waals surface area contributed by atoms with E-state index >= 15 is 0 Å². The van der Waals surface area contributed by atoms with Crippen LogP contribution in [0.5, 0.6) is 5.75 Å². The van der Waals surface area contributed by atoms with Gasteiger partial charge in [0.25, 0.3) is 5.56 Å². The third kappa shape index (κ3) is 5.44. The Hall–Kier alpha value is -2.06. The van der Waals surface area contributed by atoms with Crippen LogP contribution in [0.25, 0.3) is 6.08 Å². The first kappa shape index (κ1) is 27.0. The Morgan fingerprint density at radius 3 is 2.58 bits per heavy atom. The largest absolute Gasteiger partial charge is 0.489 e. The highest BCUT2D eigenvalue weighted by atomic mass is 127. The zero-order valence-electron chi connectivity index (χ0n) is 20.0. The number of fused-ring (bicyclic) bond motifs is 1. The summed E-state index contributed by atoms with van der Waals surface area (Å²) in [7, 11) is 0. The maximum absolute atomic E-state index is 13.8. The van der Waals surface area contributed by atoms with Gasteiger partial charge in [-0.15, -0.1) is 0 Å². The number of aromatic nitrogens is 1. The Morgan fingerprint density at radius 1 is 1.25 bits per heavy atom. The molecule has 0 fully saturated rings. The molecule has 0 aliphatic carbocycles. The van der Waals surface area contributed by atoms with Crippen LogP contribution in [-0.2, 0) is 9.53 Å². The van der Waals surface area contributed by atoms with Gasteiger partial charge in [-0.1, -0.05) is 23.5 Å². The molecular formula is C26H23FI2N2O4S. The van der Waals surface area contributed by atoms with E-state index in [1.54, 1.807) is 32.1 Å². The van der Waals surface area contributed by atoms with Crippen molar-refractivity contribution in [3.8, 4) is 5.75 Å². The molecule has 0 spiro atoms. The van der Waals surface area contributed by atoms with Crippen LogP contribution >= 0.6 is 56.5 Å². The third-order valence-corrected chi connectivity index (χ3v) is 7.79. The molecule has 0 bridgehead atoms. The predicted molar refractivity (Wildman–Crippen MR) is 154 cm³/mol.